The lowest BCUT2D eigenvalue weighted by Gasteiger charge is -2.21. The van der Waals surface area contributed by atoms with Gasteiger partial charge in [0.15, 0.2) is 0 Å². The van der Waals surface area contributed by atoms with E-state index in [1.54, 1.807) is 6.08 Å². The molecule has 0 radical (unpaired) electrons. The van der Waals surface area contributed by atoms with Crippen LogP contribution in [0.2, 0.25) is 0 Å². The number of nitriles is 1. The monoisotopic (exact) mass is 444 g/mol. The molecule has 0 saturated heterocycles. The zero-order chi connectivity index (χ0) is 24.0. The highest BCUT2D eigenvalue weighted by Crippen LogP contribution is 2.29. The Morgan fingerprint density at radius 1 is 1.15 bits per heavy atom. The lowest BCUT2D eigenvalue weighted by atomic mass is 10.0. The van der Waals surface area contributed by atoms with E-state index in [2.05, 4.69) is 73.1 Å². The molecule has 0 fully saturated rings. The third-order valence-corrected chi connectivity index (χ3v) is 5.91. The summed E-state index contributed by atoms with van der Waals surface area (Å²) in [6.07, 6.45) is 0.862. The molecule has 0 bridgehead atoms. The summed E-state index contributed by atoms with van der Waals surface area (Å²) in [5.41, 5.74) is 5.02. The van der Waals surface area contributed by atoms with Crippen LogP contribution in [0.15, 0.2) is 66.4 Å². The molecular weight excluding hydrogens is 412 g/mol. The minimum absolute atomic E-state index is 0.125. The molecule has 0 aliphatic heterocycles. The second-order valence-corrected chi connectivity index (χ2v) is 7.99. The van der Waals surface area contributed by atoms with Gasteiger partial charge in [0.2, 0.25) is 0 Å². The second kappa shape index (κ2) is 10.9. The predicted molar refractivity (Wildman–Crippen MR) is 136 cm³/mol. The summed E-state index contributed by atoms with van der Waals surface area (Å²) in [5, 5.41) is 33.3. The van der Waals surface area contributed by atoms with Crippen LogP contribution < -0.4 is 10.2 Å². The van der Waals surface area contributed by atoms with Gasteiger partial charge in [-0.15, -0.1) is 0 Å². The summed E-state index contributed by atoms with van der Waals surface area (Å²) in [5.74, 6) is 0. The molecule has 0 amide bonds. The fraction of sp³-hybridized carbons (Fsp3) is 0.296. The number of hydrogen-bond donors (Lipinski definition) is 3. The van der Waals surface area contributed by atoms with Gasteiger partial charge in [0.05, 0.1) is 18.3 Å². The van der Waals surface area contributed by atoms with E-state index in [0.717, 1.165) is 30.0 Å². The van der Waals surface area contributed by atoms with Crippen LogP contribution in [0.3, 0.4) is 0 Å². The number of aromatic nitrogens is 1. The number of nitrogens with one attached hydrogen (secondary N) is 1. The third kappa shape index (κ3) is 5.46. The summed E-state index contributed by atoms with van der Waals surface area (Å²) >= 11 is 0. The molecule has 1 atom stereocenters. The molecule has 6 nitrogen and oxygen atoms in total. The molecular formula is C27H32N4O2. The topological polar surface area (TPSA) is 84.4 Å². The van der Waals surface area contributed by atoms with E-state index in [1.165, 1.54) is 16.5 Å². The van der Waals surface area contributed by atoms with E-state index < -0.39 is 6.10 Å². The highest BCUT2D eigenvalue weighted by molar-refractivity contribution is 5.89. The van der Waals surface area contributed by atoms with E-state index in [9.17, 15) is 10.4 Å². The molecule has 3 rings (SSSR count). The smallest absolute Gasteiger partial charge is 0.101 e. The Labute approximate surface area is 195 Å². The van der Waals surface area contributed by atoms with E-state index in [1.807, 2.05) is 23.7 Å². The Kier molecular flexibility index (Phi) is 7.94. The van der Waals surface area contributed by atoms with Gasteiger partial charge >= 0.3 is 0 Å². The van der Waals surface area contributed by atoms with Crippen molar-refractivity contribution >= 4 is 22.5 Å². The Bertz CT molecular complexity index is 1200. The van der Waals surface area contributed by atoms with Crippen LogP contribution in [-0.2, 0) is 7.05 Å². The zero-order valence-corrected chi connectivity index (χ0v) is 19.5. The van der Waals surface area contributed by atoms with Crippen molar-refractivity contribution in [2.75, 3.05) is 31.1 Å². The fourth-order valence-electron chi connectivity index (χ4n) is 3.88. The normalized spacial score (nSPS) is 12.4. The van der Waals surface area contributed by atoms with Crippen molar-refractivity contribution in [3.8, 4) is 17.3 Å². The molecule has 172 valence electrons. The second-order valence-electron chi connectivity index (χ2n) is 7.99. The lowest BCUT2D eigenvalue weighted by Crippen LogP contribution is -2.29. The molecule has 0 aliphatic rings. The number of rotatable bonds is 10. The average molecular weight is 445 g/mol. The number of fused-ring (bicyclic) bond motifs is 1. The van der Waals surface area contributed by atoms with Crippen LogP contribution in [0, 0.1) is 11.3 Å². The number of aliphatic hydroxyl groups excluding tert-OH is 2. The van der Waals surface area contributed by atoms with Crippen molar-refractivity contribution in [1.29, 1.82) is 5.26 Å². The SMILES string of the molecule is C=C(NCC(O)CO)/C(C#N)=C/c1ccc(-c2ccc3cc(N(CC)CC)ccc3c2)n1C. The quantitative estimate of drug-likeness (QED) is 0.324. The molecule has 6 heteroatoms. The van der Waals surface area contributed by atoms with Crippen LogP contribution in [0.4, 0.5) is 5.69 Å². The predicted octanol–water partition coefficient (Wildman–Crippen LogP) is 4.05. The molecule has 33 heavy (non-hydrogen) atoms. The zero-order valence-electron chi connectivity index (χ0n) is 19.5. The minimum atomic E-state index is -0.903. The Balaban J connectivity index is 1.87. The molecule has 0 saturated carbocycles. The number of hydrogen-bond acceptors (Lipinski definition) is 5. The van der Waals surface area contributed by atoms with Crippen molar-refractivity contribution in [2.24, 2.45) is 7.05 Å². The van der Waals surface area contributed by atoms with Crippen molar-refractivity contribution in [1.82, 2.24) is 9.88 Å². The van der Waals surface area contributed by atoms with Gasteiger partial charge in [0.1, 0.15) is 6.07 Å². The Morgan fingerprint density at radius 3 is 2.52 bits per heavy atom. The number of aliphatic hydroxyl groups is 2. The molecule has 2 aromatic carbocycles. The minimum Gasteiger partial charge on any atom is -0.394 e. The van der Waals surface area contributed by atoms with Gasteiger partial charge in [-0.25, -0.2) is 0 Å². The Morgan fingerprint density at radius 2 is 1.85 bits per heavy atom. The Hall–Kier alpha value is -3.53. The maximum Gasteiger partial charge on any atom is 0.101 e. The first-order valence-corrected chi connectivity index (χ1v) is 11.2. The van der Waals surface area contributed by atoms with E-state index in [0.29, 0.717) is 11.3 Å². The van der Waals surface area contributed by atoms with Gasteiger partial charge in [-0.3, -0.25) is 0 Å². The summed E-state index contributed by atoms with van der Waals surface area (Å²) in [7, 11) is 1.97. The van der Waals surface area contributed by atoms with E-state index in [4.69, 9.17) is 5.11 Å². The van der Waals surface area contributed by atoms with Crippen LogP contribution in [-0.4, -0.2) is 47.1 Å². The summed E-state index contributed by atoms with van der Waals surface area (Å²) in [6.45, 7) is 9.95. The van der Waals surface area contributed by atoms with E-state index in [-0.39, 0.29) is 13.2 Å². The van der Waals surface area contributed by atoms with Crippen molar-refractivity contribution in [3.63, 3.8) is 0 Å². The highest BCUT2D eigenvalue weighted by atomic mass is 16.3. The van der Waals surface area contributed by atoms with Crippen molar-refractivity contribution < 1.29 is 10.2 Å². The fourth-order valence-corrected chi connectivity index (χ4v) is 3.88. The molecule has 3 N–H and O–H groups in total. The summed E-state index contributed by atoms with van der Waals surface area (Å²) < 4.78 is 2.04. The molecule has 0 aliphatic carbocycles. The lowest BCUT2D eigenvalue weighted by molar-refractivity contribution is 0.0967. The molecule has 1 aromatic heterocycles. The first-order valence-electron chi connectivity index (χ1n) is 11.2. The van der Waals surface area contributed by atoms with Crippen LogP contribution in [0.1, 0.15) is 19.5 Å². The maximum atomic E-state index is 9.57. The van der Waals surface area contributed by atoms with Gasteiger partial charge in [0, 0.05) is 49.5 Å². The van der Waals surface area contributed by atoms with Gasteiger partial charge in [0.25, 0.3) is 0 Å². The molecule has 1 heterocycles. The largest absolute Gasteiger partial charge is 0.394 e. The number of allylic oxidation sites excluding steroid dienone is 1. The van der Waals surface area contributed by atoms with Crippen LogP contribution in [0.25, 0.3) is 28.1 Å². The number of nitrogens with zero attached hydrogens (tertiary/aromatic N) is 3. The van der Waals surface area contributed by atoms with Crippen molar-refractivity contribution in [2.45, 2.75) is 20.0 Å². The van der Waals surface area contributed by atoms with Crippen LogP contribution >= 0.6 is 0 Å². The highest BCUT2D eigenvalue weighted by Gasteiger charge is 2.11. The van der Waals surface area contributed by atoms with Gasteiger partial charge in [-0.2, -0.15) is 5.26 Å². The summed E-state index contributed by atoms with van der Waals surface area (Å²) in [6, 6.07) is 19.2. The van der Waals surface area contributed by atoms with E-state index >= 15 is 0 Å². The van der Waals surface area contributed by atoms with Gasteiger partial charge < -0.3 is 25.0 Å². The number of anilines is 1. The summed E-state index contributed by atoms with van der Waals surface area (Å²) in [4.78, 5) is 2.34. The first-order chi connectivity index (χ1) is 15.9. The van der Waals surface area contributed by atoms with Gasteiger partial charge in [-0.05, 0) is 66.6 Å². The van der Waals surface area contributed by atoms with Gasteiger partial charge in [-0.1, -0.05) is 24.8 Å². The first kappa shape index (κ1) is 24.1. The molecule has 1 unspecified atom stereocenters. The standard InChI is InChI=1S/C27H32N4O2/c1-5-31(6-2)25-10-9-20-13-22(8-7-21(20)14-25)27-12-11-24(30(27)4)15-23(16-28)19(3)29-17-26(33)18-32/h7-15,26,29,32-33H,3,5-6,17-18H2,1-2,4H3/b23-15+. The molecule has 3 aromatic rings. The number of benzene rings is 2. The van der Waals surface area contributed by atoms with Crippen molar-refractivity contribution in [3.05, 3.63) is 72.1 Å². The average Bonchev–Trinajstić information content (AvgIpc) is 3.20. The maximum absolute atomic E-state index is 9.57. The van der Waals surface area contributed by atoms with Crippen LogP contribution in [0.5, 0.6) is 0 Å². The third-order valence-electron chi connectivity index (χ3n) is 5.91. The molecule has 0 spiro atoms.